The summed E-state index contributed by atoms with van der Waals surface area (Å²) in [7, 11) is 0. The molecule has 0 bridgehead atoms. The molecule has 1 aromatic rings. The third kappa shape index (κ3) is 4.22. The van der Waals surface area contributed by atoms with Crippen LogP contribution < -0.4 is 0 Å². The summed E-state index contributed by atoms with van der Waals surface area (Å²) in [5.74, 6) is -0.721. The highest BCUT2D eigenvalue weighted by atomic mass is 35.5. The molecule has 0 saturated carbocycles. The zero-order chi connectivity index (χ0) is 14.5. The van der Waals surface area contributed by atoms with E-state index in [0.29, 0.717) is 6.04 Å². The van der Waals surface area contributed by atoms with Gasteiger partial charge in [-0.2, -0.15) is 0 Å². The summed E-state index contributed by atoms with van der Waals surface area (Å²) in [5.41, 5.74) is 1.15. The number of benzene rings is 1. The molecular weight excluding hydrogens is 274 g/mol. The third-order valence-electron chi connectivity index (χ3n) is 4.12. The zero-order valence-electron chi connectivity index (χ0n) is 11.9. The summed E-state index contributed by atoms with van der Waals surface area (Å²) in [6, 6.07) is 8.27. The second-order valence-electron chi connectivity index (χ2n) is 5.66. The molecule has 4 heteroatoms. The molecule has 1 aliphatic rings. The van der Waals surface area contributed by atoms with E-state index in [1.807, 2.05) is 24.3 Å². The Morgan fingerprint density at radius 3 is 2.70 bits per heavy atom. The van der Waals surface area contributed by atoms with Crippen molar-refractivity contribution in [3.63, 3.8) is 0 Å². The highest BCUT2D eigenvalue weighted by molar-refractivity contribution is 6.30. The maximum Gasteiger partial charge on any atom is 0.304 e. The van der Waals surface area contributed by atoms with Crippen LogP contribution in [-0.2, 0) is 11.2 Å². The summed E-state index contributed by atoms with van der Waals surface area (Å²) < 4.78 is 0. The molecule has 0 amide bonds. The van der Waals surface area contributed by atoms with Gasteiger partial charge in [0, 0.05) is 17.1 Å². The minimum absolute atomic E-state index is 0.0731. The van der Waals surface area contributed by atoms with Crippen molar-refractivity contribution in [2.24, 2.45) is 0 Å². The van der Waals surface area contributed by atoms with Crippen molar-refractivity contribution in [1.82, 2.24) is 4.90 Å². The minimum Gasteiger partial charge on any atom is -0.481 e. The van der Waals surface area contributed by atoms with Crippen molar-refractivity contribution in [3.05, 3.63) is 34.9 Å². The molecule has 0 aromatic heterocycles. The number of likely N-dealkylation sites (tertiary alicyclic amines) is 1. The number of halogens is 1. The van der Waals surface area contributed by atoms with Gasteiger partial charge in [-0.25, -0.2) is 0 Å². The largest absolute Gasteiger partial charge is 0.481 e. The van der Waals surface area contributed by atoms with Crippen LogP contribution in [0.2, 0.25) is 5.02 Å². The number of rotatable bonds is 5. The fourth-order valence-corrected chi connectivity index (χ4v) is 3.19. The molecule has 1 N–H and O–H groups in total. The number of carbonyl (C=O) groups is 1. The van der Waals surface area contributed by atoms with E-state index in [-0.39, 0.29) is 12.5 Å². The second kappa shape index (κ2) is 7.09. The lowest BCUT2D eigenvalue weighted by Gasteiger charge is -2.39. The van der Waals surface area contributed by atoms with Crippen molar-refractivity contribution in [3.8, 4) is 0 Å². The van der Waals surface area contributed by atoms with Crippen molar-refractivity contribution >= 4 is 17.6 Å². The van der Waals surface area contributed by atoms with Gasteiger partial charge in [0.25, 0.3) is 0 Å². The quantitative estimate of drug-likeness (QED) is 0.902. The predicted octanol–water partition coefficient (Wildman–Crippen LogP) is 3.60. The standard InChI is InChI=1S/C16H22ClNO2/c1-12-4-2-3-9-18(12)15(11-16(19)20)10-13-5-7-14(17)8-6-13/h5-8,12,15H,2-4,9-11H2,1H3,(H,19,20). The van der Waals surface area contributed by atoms with Crippen LogP contribution in [0.4, 0.5) is 0 Å². The van der Waals surface area contributed by atoms with Crippen molar-refractivity contribution in [1.29, 1.82) is 0 Å². The van der Waals surface area contributed by atoms with Gasteiger partial charge in [-0.3, -0.25) is 9.69 Å². The van der Waals surface area contributed by atoms with Gasteiger partial charge in [-0.1, -0.05) is 30.2 Å². The second-order valence-corrected chi connectivity index (χ2v) is 6.10. The van der Waals surface area contributed by atoms with E-state index < -0.39 is 5.97 Å². The van der Waals surface area contributed by atoms with E-state index >= 15 is 0 Å². The van der Waals surface area contributed by atoms with Gasteiger partial charge < -0.3 is 5.11 Å². The normalized spacial score (nSPS) is 21.6. The van der Waals surface area contributed by atoms with E-state index in [1.165, 1.54) is 12.8 Å². The number of hydrogen-bond donors (Lipinski definition) is 1. The molecule has 1 heterocycles. The zero-order valence-corrected chi connectivity index (χ0v) is 12.6. The van der Waals surface area contributed by atoms with Crippen molar-refractivity contribution in [2.75, 3.05) is 6.54 Å². The summed E-state index contributed by atoms with van der Waals surface area (Å²) in [5, 5.41) is 9.89. The Balaban J connectivity index is 2.10. The number of carboxylic acids is 1. The molecule has 1 aromatic carbocycles. The average molecular weight is 296 g/mol. The molecule has 0 radical (unpaired) electrons. The monoisotopic (exact) mass is 295 g/mol. The number of nitrogens with zero attached hydrogens (tertiary/aromatic N) is 1. The van der Waals surface area contributed by atoms with Gasteiger partial charge in [-0.05, 0) is 50.4 Å². The molecule has 2 atom stereocenters. The molecular formula is C16H22ClNO2. The third-order valence-corrected chi connectivity index (χ3v) is 4.37. The molecule has 1 aliphatic heterocycles. The Hall–Kier alpha value is -1.06. The van der Waals surface area contributed by atoms with Crippen LogP contribution in [0.3, 0.4) is 0 Å². The fraction of sp³-hybridized carbons (Fsp3) is 0.562. The van der Waals surface area contributed by atoms with E-state index in [1.54, 1.807) is 0 Å². The maximum atomic E-state index is 11.2. The van der Waals surface area contributed by atoms with E-state index in [0.717, 1.165) is 30.0 Å². The topological polar surface area (TPSA) is 40.5 Å². The first-order valence-corrected chi connectivity index (χ1v) is 7.66. The van der Waals surface area contributed by atoms with Gasteiger partial charge in [-0.15, -0.1) is 0 Å². The lowest BCUT2D eigenvalue weighted by atomic mass is 9.95. The predicted molar refractivity (Wildman–Crippen MR) is 81.2 cm³/mol. The van der Waals surface area contributed by atoms with E-state index in [9.17, 15) is 9.90 Å². The summed E-state index contributed by atoms with van der Waals surface area (Å²) in [6.07, 6.45) is 4.55. The highest BCUT2D eigenvalue weighted by Crippen LogP contribution is 2.23. The highest BCUT2D eigenvalue weighted by Gasteiger charge is 2.27. The maximum absolute atomic E-state index is 11.2. The number of carboxylic acid groups (broad SMARTS) is 1. The number of hydrogen-bond acceptors (Lipinski definition) is 2. The first-order valence-electron chi connectivity index (χ1n) is 7.28. The Bertz CT molecular complexity index is 446. The molecule has 2 rings (SSSR count). The molecule has 1 fully saturated rings. The van der Waals surface area contributed by atoms with Crippen LogP contribution in [-0.4, -0.2) is 34.6 Å². The molecule has 0 spiro atoms. The van der Waals surface area contributed by atoms with Crippen molar-refractivity contribution < 1.29 is 9.90 Å². The van der Waals surface area contributed by atoms with E-state index in [2.05, 4.69) is 11.8 Å². The van der Waals surface area contributed by atoms with Gasteiger partial charge in [0.15, 0.2) is 0 Å². The van der Waals surface area contributed by atoms with E-state index in [4.69, 9.17) is 11.6 Å². The number of piperidine rings is 1. The minimum atomic E-state index is -0.721. The summed E-state index contributed by atoms with van der Waals surface area (Å²) in [4.78, 5) is 13.5. The first-order chi connectivity index (χ1) is 9.56. The lowest BCUT2D eigenvalue weighted by Crippen LogP contribution is -2.46. The first kappa shape index (κ1) is 15.3. The van der Waals surface area contributed by atoms with Gasteiger partial charge in [0.1, 0.15) is 0 Å². The van der Waals surface area contributed by atoms with Crippen LogP contribution in [0.5, 0.6) is 0 Å². The Kier molecular flexibility index (Phi) is 5.44. The Labute approximate surface area is 125 Å². The van der Waals surface area contributed by atoms with Crippen LogP contribution >= 0.6 is 11.6 Å². The van der Waals surface area contributed by atoms with Crippen LogP contribution in [0.25, 0.3) is 0 Å². The van der Waals surface area contributed by atoms with Crippen molar-refractivity contribution in [2.45, 2.75) is 51.1 Å². The smallest absolute Gasteiger partial charge is 0.304 e. The molecule has 0 aliphatic carbocycles. The van der Waals surface area contributed by atoms with Gasteiger partial charge in [0.2, 0.25) is 0 Å². The molecule has 2 unspecified atom stereocenters. The molecule has 3 nitrogen and oxygen atoms in total. The van der Waals surface area contributed by atoms with Crippen LogP contribution in [0.1, 0.15) is 38.2 Å². The van der Waals surface area contributed by atoms with Gasteiger partial charge in [0.05, 0.1) is 6.42 Å². The fourth-order valence-electron chi connectivity index (χ4n) is 3.06. The molecule has 20 heavy (non-hydrogen) atoms. The Morgan fingerprint density at radius 1 is 1.40 bits per heavy atom. The summed E-state index contributed by atoms with van der Waals surface area (Å²) in [6.45, 7) is 3.21. The molecule has 1 saturated heterocycles. The average Bonchev–Trinajstić information content (AvgIpc) is 2.41. The number of aliphatic carboxylic acids is 1. The lowest BCUT2D eigenvalue weighted by molar-refractivity contribution is -0.138. The molecule has 110 valence electrons. The van der Waals surface area contributed by atoms with Crippen LogP contribution in [0, 0.1) is 0 Å². The summed E-state index contributed by atoms with van der Waals surface area (Å²) >= 11 is 5.90. The SMILES string of the molecule is CC1CCCCN1C(CC(=O)O)Cc1ccc(Cl)cc1. The Morgan fingerprint density at radius 2 is 2.10 bits per heavy atom. The van der Waals surface area contributed by atoms with Gasteiger partial charge >= 0.3 is 5.97 Å². The van der Waals surface area contributed by atoms with Crippen LogP contribution in [0.15, 0.2) is 24.3 Å².